The standard InChI is InChI=1S/C12H17N5OS/c1-3-8-17-11(18)15-16-12(17)19-10-7-5-6-9(14-10)13-4-2/h5-7H,3-4,8H2,1-2H3,(H,13,14)(H,15,18). The molecule has 0 unspecified atom stereocenters. The summed E-state index contributed by atoms with van der Waals surface area (Å²) in [5.74, 6) is 0.826. The van der Waals surface area contributed by atoms with Crippen molar-refractivity contribution in [3.8, 4) is 0 Å². The van der Waals surface area contributed by atoms with Crippen LogP contribution in [0.25, 0.3) is 0 Å². The van der Waals surface area contributed by atoms with Crippen molar-refractivity contribution in [2.75, 3.05) is 11.9 Å². The van der Waals surface area contributed by atoms with Crippen LogP contribution in [0.4, 0.5) is 5.82 Å². The molecule has 2 heterocycles. The highest BCUT2D eigenvalue weighted by Gasteiger charge is 2.10. The van der Waals surface area contributed by atoms with Crippen LogP contribution in [0.2, 0.25) is 0 Å². The van der Waals surface area contributed by atoms with Gasteiger partial charge in [0.15, 0.2) is 5.16 Å². The zero-order valence-corrected chi connectivity index (χ0v) is 11.8. The number of aromatic nitrogens is 4. The summed E-state index contributed by atoms with van der Waals surface area (Å²) in [5, 5.41) is 11.1. The molecule has 0 saturated heterocycles. The van der Waals surface area contributed by atoms with Crippen LogP contribution < -0.4 is 11.0 Å². The van der Waals surface area contributed by atoms with Crippen molar-refractivity contribution >= 4 is 17.6 Å². The van der Waals surface area contributed by atoms with Gasteiger partial charge in [-0.05, 0) is 37.2 Å². The van der Waals surface area contributed by atoms with Crippen LogP contribution in [0.5, 0.6) is 0 Å². The highest BCUT2D eigenvalue weighted by molar-refractivity contribution is 7.99. The third-order valence-corrected chi connectivity index (χ3v) is 3.38. The SMILES string of the molecule is CCCn1c(Sc2cccc(NCC)n2)n[nH]c1=O. The summed E-state index contributed by atoms with van der Waals surface area (Å²) in [6, 6.07) is 5.75. The van der Waals surface area contributed by atoms with Crippen molar-refractivity contribution in [2.24, 2.45) is 0 Å². The lowest BCUT2D eigenvalue weighted by Crippen LogP contribution is -2.17. The van der Waals surface area contributed by atoms with Crippen LogP contribution in [0.1, 0.15) is 20.3 Å². The third-order valence-electron chi connectivity index (χ3n) is 2.45. The van der Waals surface area contributed by atoms with Crippen LogP contribution in [0.15, 0.2) is 33.2 Å². The lowest BCUT2D eigenvalue weighted by molar-refractivity contribution is 0.603. The van der Waals surface area contributed by atoms with Gasteiger partial charge in [0.2, 0.25) is 0 Å². The van der Waals surface area contributed by atoms with Crippen LogP contribution in [0.3, 0.4) is 0 Å². The van der Waals surface area contributed by atoms with Crippen molar-refractivity contribution in [3.05, 3.63) is 28.7 Å². The Hall–Kier alpha value is -1.76. The fraction of sp³-hybridized carbons (Fsp3) is 0.417. The van der Waals surface area contributed by atoms with Crippen LogP contribution in [-0.4, -0.2) is 26.3 Å². The van der Waals surface area contributed by atoms with Crippen molar-refractivity contribution in [3.63, 3.8) is 0 Å². The Bertz CT molecular complexity index is 592. The summed E-state index contributed by atoms with van der Waals surface area (Å²) < 4.78 is 1.63. The minimum Gasteiger partial charge on any atom is -0.370 e. The minimum atomic E-state index is -0.174. The quantitative estimate of drug-likeness (QED) is 0.845. The van der Waals surface area contributed by atoms with Gasteiger partial charge < -0.3 is 5.32 Å². The average molecular weight is 279 g/mol. The maximum atomic E-state index is 11.6. The van der Waals surface area contributed by atoms with Crippen molar-refractivity contribution < 1.29 is 0 Å². The van der Waals surface area contributed by atoms with Crippen LogP contribution >= 0.6 is 11.8 Å². The molecule has 0 aliphatic rings. The number of aromatic amines is 1. The number of nitrogens with one attached hydrogen (secondary N) is 2. The van der Waals surface area contributed by atoms with Gasteiger partial charge in [0.05, 0.1) is 0 Å². The number of anilines is 1. The molecule has 0 atom stereocenters. The van der Waals surface area contributed by atoms with E-state index in [4.69, 9.17) is 0 Å². The van der Waals surface area contributed by atoms with E-state index < -0.39 is 0 Å². The van der Waals surface area contributed by atoms with Gasteiger partial charge in [-0.1, -0.05) is 13.0 Å². The largest absolute Gasteiger partial charge is 0.370 e. The molecule has 2 aromatic heterocycles. The first-order chi connectivity index (χ1) is 9.24. The zero-order chi connectivity index (χ0) is 13.7. The normalized spacial score (nSPS) is 10.6. The number of hydrogen-bond acceptors (Lipinski definition) is 5. The zero-order valence-electron chi connectivity index (χ0n) is 11.0. The number of pyridine rings is 1. The molecule has 7 heteroatoms. The second kappa shape index (κ2) is 6.42. The molecule has 0 aliphatic carbocycles. The molecule has 0 aliphatic heterocycles. The molecule has 0 fully saturated rings. The first-order valence-corrected chi connectivity index (χ1v) is 7.10. The van der Waals surface area contributed by atoms with E-state index in [1.807, 2.05) is 32.0 Å². The van der Waals surface area contributed by atoms with Gasteiger partial charge in [-0.2, -0.15) is 0 Å². The van der Waals surface area contributed by atoms with Gasteiger partial charge >= 0.3 is 5.69 Å². The molecule has 0 spiro atoms. The number of hydrogen-bond donors (Lipinski definition) is 2. The third kappa shape index (κ3) is 3.37. The predicted octanol–water partition coefficient (Wildman–Crippen LogP) is 1.96. The van der Waals surface area contributed by atoms with Gasteiger partial charge in [0.25, 0.3) is 0 Å². The number of rotatable bonds is 6. The van der Waals surface area contributed by atoms with E-state index in [1.165, 1.54) is 11.8 Å². The Morgan fingerprint density at radius 1 is 1.42 bits per heavy atom. The molecule has 0 bridgehead atoms. The van der Waals surface area contributed by atoms with Crippen LogP contribution in [0, 0.1) is 0 Å². The summed E-state index contributed by atoms with van der Waals surface area (Å²) in [7, 11) is 0. The molecule has 0 radical (unpaired) electrons. The molecule has 2 aromatic rings. The molecule has 2 rings (SSSR count). The Labute approximate surface area is 115 Å². The number of nitrogens with zero attached hydrogens (tertiary/aromatic N) is 3. The first-order valence-electron chi connectivity index (χ1n) is 6.28. The lowest BCUT2D eigenvalue weighted by atomic mass is 10.4. The fourth-order valence-electron chi connectivity index (χ4n) is 1.65. The molecule has 0 amide bonds. The first kappa shape index (κ1) is 13.7. The van der Waals surface area contributed by atoms with Crippen LogP contribution in [-0.2, 0) is 6.54 Å². The monoisotopic (exact) mass is 279 g/mol. The van der Waals surface area contributed by atoms with E-state index in [0.29, 0.717) is 11.7 Å². The second-order valence-electron chi connectivity index (χ2n) is 3.96. The smallest absolute Gasteiger partial charge is 0.343 e. The Kier molecular flexibility index (Phi) is 4.62. The molecule has 0 saturated carbocycles. The van der Waals surface area contributed by atoms with Gasteiger partial charge in [0, 0.05) is 13.1 Å². The molecule has 6 nitrogen and oxygen atoms in total. The summed E-state index contributed by atoms with van der Waals surface area (Å²) in [6.07, 6.45) is 0.887. The van der Waals surface area contributed by atoms with Crippen molar-refractivity contribution in [1.82, 2.24) is 19.7 Å². The maximum absolute atomic E-state index is 11.6. The summed E-state index contributed by atoms with van der Waals surface area (Å²) in [6.45, 7) is 5.53. The Balaban J connectivity index is 2.21. The summed E-state index contributed by atoms with van der Waals surface area (Å²) in [5.41, 5.74) is -0.174. The number of H-pyrrole nitrogens is 1. The molecule has 19 heavy (non-hydrogen) atoms. The average Bonchev–Trinajstić information content (AvgIpc) is 2.73. The van der Waals surface area contributed by atoms with Gasteiger partial charge in [0.1, 0.15) is 10.8 Å². The van der Waals surface area contributed by atoms with E-state index in [9.17, 15) is 4.79 Å². The highest BCUT2D eigenvalue weighted by Crippen LogP contribution is 2.24. The molecule has 102 valence electrons. The fourth-order valence-corrected chi connectivity index (χ4v) is 2.50. The van der Waals surface area contributed by atoms with E-state index >= 15 is 0 Å². The Morgan fingerprint density at radius 2 is 2.26 bits per heavy atom. The Morgan fingerprint density at radius 3 is 3.00 bits per heavy atom. The van der Waals surface area contributed by atoms with Crippen molar-refractivity contribution in [1.29, 1.82) is 0 Å². The topological polar surface area (TPSA) is 75.6 Å². The second-order valence-corrected chi connectivity index (χ2v) is 4.94. The maximum Gasteiger partial charge on any atom is 0.343 e. The van der Waals surface area contributed by atoms with Gasteiger partial charge in [-0.15, -0.1) is 5.10 Å². The van der Waals surface area contributed by atoms with Crippen molar-refractivity contribution in [2.45, 2.75) is 37.0 Å². The lowest BCUT2D eigenvalue weighted by Gasteiger charge is -2.05. The van der Waals surface area contributed by atoms with E-state index in [0.717, 1.165) is 23.8 Å². The van der Waals surface area contributed by atoms with Gasteiger partial charge in [-0.25, -0.2) is 14.9 Å². The predicted molar refractivity (Wildman–Crippen MR) is 75.7 cm³/mol. The van der Waals surface area contributed by atoms with Gasteiger partial charge in [-0.3, -0.25) is 4.57 Å². The molecular weight excluding hydrogens is 262 g/mol. The molecule has 0 aromatic carbocycles. The summed E-state index contributed by atoms with van der Waals surface area (Å²) >= 11 is 1.38. The summed E-state index contributed by atoms with van der Waals surface area (Å²) in [4.78, 5) is 16.0. The van der Waals surface area contributed by atoms with E-state index in [2.05, 4.69) is 20.5 Å². The van der Waals surface area contributed by atoms with E-state index in [-0.39, 0.29) is 5.69 Å². The minimum absolute atomic E-state index is 0.174. The van der Waals surface area contributed by atoms with E-state index in [1.54, 1.807) is 4.57 Å². The molecule has 2 N–H and O–H groups in total. The highest BCUT2D eigenvalue weighted by atomic mass is 32.2. The molecular formula is C12H17N5OS.